The molecule has 0 bridgehead atoms. The number of nitrogens with zero attached hydrogens (tertiary/aromatic N) is 2. The van der Waals surface area contributed by atoms with Crippen LogP contribution >= 0.6 is 24.0 Å². The number of H-pyrrole nitrogens is 1. The summed E-state index contributed by atoms with van der Waals surface area (Å²) in [6, 6.07) is 5.44. The molecule has 0 unspecified atom stereocenters. The molecule has 0 spiro atoms. The summed E-state index contributed by atoms with van der Waals surface area (Å²) < 4.78 is 10.4. The van der Waals surface area contributed by atoms with Crippen molar-refractivity contribution in [1.29, 1.82) is 0 Å². The van der Waals surface area contributed by atoms with Crippen molar-refractivity contribution in [3.05, 3.63) is 35.7 Å². The minimum absolute atomic E-state index is 0. The number of nitrogens with two attached hydrogens (primary N) is 1. The molecule has 8 heteroatoms. The Morgan fingerprint density at radius 2 is 2.05 bits per heavy atom. The number of benzene rings is 1. The van der Waals surface area contributed by atoms with Gasteiger partial charge in [-0.2, -0.15) is 5.10 Å². The maximum atomic E-state index is 5.87. The number of aromatic amines is 1. The largest absolute Gasteiger partial charge is 0.493 e. The van der Waals surface area contributed by atoms with Crippen LogP contribution in [0.25, 0.3) is 0 Å². The highest BCUT2D eigenvalue weighted by Crippen LogP contribution is 2.29. The van der Waals surface area contributed by atoms with Crippen LogP contribution in [0.2, 0.25) is 0 Å². The van der Waals surface area contributed by atoms with Crippen molar-refractivity contribution in [2.75, 3.05) is 19.5 Å². The average molecular weight is 417 g/mol. The number of halogens is 1. The van der Waals surface area contributed by atoms with E-state index in [1.807, 2.05) is 13.0 Å². The minimum atomic E-state index is 0. The van der Waals surface area contributed by atoms with Crippen LogP contribution < -0.4 is 20.5 Å². The number of aromatic nitrogens is 2. The Labute approximate surface area is 146 Å². The molecule has 22 heavy (non-hydrogen) atoms. The zero-order valence-corrected chi connectivity index (χ0v) is 15.0. The number of aliphatic imine (C=N–C) groups is 1. The number of rotatable bonds is 5. The highest BCUT2D eigenvalue weighted by molar-refractivity contribution is 14.0. The molecule has 0 saturated heterocycles. The SMILES string of the molecule is COc1ccc(NC(N)=NCc2cn[nH]c2C)cc1OC.I. The smallest absolute Gasteiger partial charge is 0.193 e. The normalized spacial score (nSPS) is 10.8. The van der Waals surface area contributed by atoms with Crippen molar-refractivity contribution in [3.63, 3.8) is 0 Å². The summed E-state index contributed by atoms with van der Waals surface area (Å²) in [6.07, 6.45) is 1.74. The molecule has 2 rings (SSSR count). The highest BCUT2D eigenvalue weighted by Gasteiger charge is 2.05. The molecule has 0 atom stereocenters. The Hall–Kier alpha value is -1.97. The summed E-state index contributed by atoms with van der Waals surface area (Å²) in [5, 5.41) is 9.81. The number of ether oxygens (including phenoxy) is 2. The fourth-order valence-electron chi connectivity index (χ4n) is 1.81. The number of guanidine groups is 1. The van der Waals surface area contributed by atoms with E-state index in [-0.39, 0.29) is 24.0 Å². The summed E-state index contributed by atoms with van der Waals surface area (Å²) in [5.74, 6) is 1.61. The van der Waals surface area contributed by atoms with Gasteiger partial charge >= 0.3 is 0 Å². The van der Waals surface area contributed by atoms with Crippen LogP contribution in [-0.4, -0.2) is 30.4 Å². The van der Waals surface area contributed by atoms with E-state index < -0.39 is 0 Å². The van der Waals surface area contributed by atoms with Gasteiger partial charge in [0.25, 0.3) is 0 Å². The van der Waals surface area contributed by atoms with Crippen LogP contribution in [0, 0.1) is 6.92 Å². The van der Waals surface area contributed by atoms with E-state index >= 15 is 0 Å². The van der Waals surface area contributed by atoms with E-state index in [9.17, 15) is 0 Å². The summed E-state index contributed by atoms with van der Waals surface area (Å²) in [6.45, 7) is 2.41. The fraction of sp³-hybridized carbons (Fsp3) is 0.286. The number of aryl methyl sites for hydroxylation is 1. The van der Waals surface area contributed by atoms with Crippen molar-refractivity contribution in [1.82, 2.24) is 10.2 Å². The van der Waals surface area contributed by atoms with Crippen LogP contribution in [0.5, 0.6) is 11.5 Å². The monoisotopic (exact) mass is 417 g/mol. The van der Waals surface area contributed by atoms with Gasteiger partial charge in [-0.05, 0) is 19.1 Å². The van der Waals surface area contributed by atoms with Gasteiger partial charge in [0, 0.05) is 23.0 Å². The van der Waals surface area contributed by atoms with Gasteiger partial charge in [0.05, 0.1) is 27.0 Å². The lowest BCUT2D eigenvalue weighted by atomic mass is 10.2. The predicted molar refractivity (Wildman–Crippen MR) is 97.2 cm³/mol. The standard InChI is InChI=1S/C14H19N5O2.HI/c1-9-10(8-17-19-9)7-16-14(15)18-11-4-5-12(20-2)13(6-11)21-3;/h4-6,8H,7H2,1-3H3,(H,17,19)(H3,15,16,18);1H. The van der Waals surface area contributed by atoms with E-state index in [1.54, 1.807) is 32.5 Å². The highest BCUT2D eigenvalue weighted by atomic mass is 127. The summed E-state index contributed by atoms with van der Waals surface area (Å²) >= 11 is 0. The lowest BCUT2D eigenvalue weighted by Crippen LogP contribution is -2.22. The van der Waals surface area contributed by atoms with Crippen molar-refractivity contribution >= 4 is 35.6 Å². The molecule has 0 amide bonds. The Morgan fingerprint density at radius 3 is 2.64 bits per heavy atom. The van der Waals surface area contributed by atoms with Gasteiger partial charge in [-0.15, -0.1) is 24.0 Å². The average Bonchev–Trinajstić information content (AvgIpc) is 2.90. The molecule has 1 aromatic heterocycles. The lowest BCUT2D eigenvalue weighted by Gasteiger charge is -2.10. The third-order valence-electron chi connectivity index (χ3n) is 3.01. The zero-order chi connectivity index (χ0) is 15.2. The second-order valence-electron chi connectivity index (χ2n) is 4.42. The number of methoxy groups -OCH3 is 2. The van der Waals surface area contributed by atoms with Gasteiger partial charge in [0.1, 0.15) is 0 Å². The first-order valence-electron chi connectivity index (χ1n) is 6.42. The first kappa shape index (κ1) is 18.1. The molecule has 0 aliphatic rings. The molecular formula is C14H20IN5O2. The van der Waals surface area contributed by atoms with Gasteiger partial charge in [-0.3, -0.25) is 5.10 Å². The Kier molecular flexibility index (Phi) is 6.96. The molecule has 4 N–H and O–H groups in total. The maximum absolute atomic E-state index is 5.87. The molecule has 0 radical (unpaired) electrons. The molecule has 7 nitrogen and oxygen atoms in total. The topological polar surface area (TPSA) is 97.5 Å². The molecule has 1 heterocycles. The van der Waals surface area contributed by atoms with Gasteiger partial charge < -0.3 is 20.5 Å². The van der Waals surface area contributed by atoms with E-state index in [1.165, 1.54) is 0 Å². The molecule has 1 aromatic carbocycles. The predicted octanol–water partition coefficient (Wildman–Crippen LogP) is 2.28. The quantitative estimate of drug-likeness (QED) is 0.394. The lowest BCUT2D eigenvalue weighted by molar-refractivity contribution is 0.355. The van der Waals surface area contributed by atoms with Crippen molar-refractivity contribution in [2.45, 2.75) is 13.5 Å². The maximum Gasteiger partial charge on any atom is 0.193 e. The van der Waals surface area contributed by atoms with Crippen LogP contribution in [0.4, 0.5) is 5.69 Å². The van der Waals surface area contributed by atoms with Crippen LogP contribution in [0.3, 0.4) is 0 Å². The van der Waals surface area contributed by atoms with Crippen LogP contribution in [0.15, 0.2) is 29.4 Å². The number of anilines is 1. The summed E-state index contributed by atoms with van der Waals surface area (Å²) in [4.78, 5) is 4.27. The van der Waals surface area contributed by atoms with Crippen LogP contribution in [0.1, 0.15) is 11.3 Å². The van der Waals surface area contributed by atoms with Crippen LogP contribution in [-0.2, 0) is 6.54 Å². The number of hydrogen-bond acceptors (Lipinski definition) is 4. The molecule has 0 aliphatic carbocycles. The number of hydrogen-bond donors (Lipinski definition) is 3. The molecule has 0 aliphatic heterocycles. The molecule has 0 fully saturated rings. The van der Waals surface area contributed by atoms with E-state index in [2.05, 4.69) is 20.5 Å². The second-order valence-corrected chi connectivity index (χ2v) is 4.42. The Morgan fingerprint density at radius 1 is 1.32 bits per heavy atom. The third kappa shape index (κ3) is 4.52. The van der Waals surface area contributed by atoms with Gasteiger partial charge in [0.15, 0.2) is 17.5 Å². The van der Waals surface area contributed by atoms with Crippen molar-refractivity contribution in [2.24, 2.45) is 10.7 Å². The van der Waals surface area contributed by atoms with Gasteiger partial charge in [-0.25, -0.2) is 4.99 Å². The summed E-state index contributed by atoms with van der Waals surface area (Å²) in [7, 11) is 3.18. The molecule has 120 valence electrons. The van der Waals surface area contributed by atoms with Gasteiger partial charge in [0.2, 0.25) is 0 Å². The Balaban J connectivity index is 0.00000242. The van der Waals surface area contributed by atoms with Crippen molar-refractivity contribution in [3.8, 4) is 11.5 Å². The molecule has 2 aromatic rings. The first-order chi connectivity index (χ1) is 10.1. The number of nitrogens with one attached hydrogen (secondary N) is 2. The zero-order valence-electron chi connectivity index (χ0n) is 12.7. The van der Waals surface area contributed by atoms with E-state index in [4.69, 9.17) is 15.2 Å². The molecular weight excluding hydrogens is 397 g/mol. The summed E-state index contributed by atoms with van der Waals surface area (Å²) in [5.41, 5.74) is 8.64. The van der Waals surface area contributed by atoms with E-state index in [0.29, 0.717) is 24.0 Å². The van der Waals surface area contributed by atoms with Gasteiger partial charge in [-0.1, -0.05) is 0 Å². The Bertz CT molecular complexity index is 642. The second kappa shape index (κ2) is 8.47. The minimum Gasteiger partial charge on any atom is -0.493 e. The third-order valence-corrected chi connectivity index (χ3v) is 3.01. The van der Waals surface area contributed by atoms with E-state index in [0.717, 1.165) is 16.9 Å². The fourth-order valence-corrected chi connectivity index (χ4v) is 1.81. The van der Waals surface area contributed by atoms with Crippen molar-refractivity contribution < 1.29 is 9.47 Å². The first-order valence-corrected chi connectivity index (χ1v) is 6.42. The molecule has 0 saturated carbocycles.